The molecule has 0 heterocycles. The summed E-state index contributed by atoms with van der Waals surface area (Å²) in [6.45, 7) is 0. The van der Waals surface area contributed by atoms with Gasteiger partial charge in [-0.2, -0.15) is 5.26 Å². The third kappa shape index (κ3) is 7.70. The van der Waals surface area contributed by atoms with E-state index in [0.29, 0.717) is 11.3 Å². The molecule has 0 aliphatic carbocycles. The number of methoxy groups -OCH3 is 1. The Hall–Kier alpha value is -3.97. The van der Waals surface area contributed by atoms with Crippen molar-refractivity contribution < 1.29 is 24.2 Å². The number of esters is 1. The monoisotopic (exact) mass is 454 g/mol. The molecule has 0 aromatic heterocycles. The Morgan fingerprint density at radius 1 is 1.06 bits per heavy atom. The first-order chi connectivity index (χ1) is 15.3. The number of nitrogens with one attached hydrogen (secondary N) is 3. The van der Waals surface area contributed by atoms with Crippen molar-refractivity contribution in [2.45, 2.75) is 24.9 Å². The quantitative estimate of drug-likeness (QED) is 0.328. The fourth-order valence-electron chi connectivity index (χ4n) is 2.80. The lowest BCUT2D eigenvalue weighted by Crippen LogP contribution is -2.53. The first kappa shape index (κ1) is 24.3. The Kier molecular flexibility index (Phi) is 9.13. The molecule has 2 aromatic rings. The molecule has 9 nitrogen and oxygen atoms in total. The molecular weight excluding hydrogens is 432 g/mol. The van der Waals surface area contributed by atoms with Crippen molar-refractivity contribution in [2.24, 2.45) is 0 Å². The number of thiocarbonyl (C=S) groups is 1. The van der Waals surface area contributed by atoms with Crippen molar-refractivity contribution >= 4 is 40.9 Å². The molecule has 10 heteroatoms. The molecule has 166 valence electrons. The van der Waals surface area contributed by atoms with E-state index in [0.717, 1.165) is 5.56 Å². The third-order valence-electron chi connectivity index (χ3n) is 4.36. The van der Waals surface area contributed by atoms with Crippen LogP contribution >= 0.6 is 12.2 Å². The lowest BCUT2D eigenvalue weighted by atomic mass is 10.1. The van der Waals surface area contributed by atoms with Crippen LogP contribution in [0.4, 0.5) is 5.69 Å². The number of carboxylic acid groups (broad SMARTS) is 1. The normalized spacial score (nSPS) is 11.9. The minimum atomic E-state index is -1.24. The smallest absolute Gasteiger partial charge is 0.328 e. The predicted octanol–water partition coefficient (Wildman–Crippen LogP) is 1.59. The second kappa shape index (κ2) is 12.0. The molecule has 2 rings (SSSR count). The number of benzene rings is 2. The summed E-state index contributed by atoms with van der Waals surface area (Å²) in [5.41, 5.74) is 1.81. The Balaban J connectivity index is 2.08. The highest BCUT2D eigenvalue weighted by molar-refractivity contribution is 7.80. The second-order valence-corrected chi connectivity index (χ2v) is 7.12. The number of carbonyl (C=O) groups is 3. The second-order valence-electron chi connectivity index (χ2n) is 6.71. The van der Waals surface area contributed by atoms with Gasteiger partial charge < -0.3 is 25.8 Å². The number of carboxylic acids is 1. The number of ether oxygens (including phenoxy) is 1. The van der Waals surface area contributed by atoms with Crippen molar-refractivity contribution in [3.8, 4) is 6.07 Å². The van der Waals surface area contributed by atoms with Crippen LogP contribution in [0, 0.1) is 11.3 Å². The van der Waals surface area contributed by atoms with Gasteiger partial charge in [-0.25, -0.2) is 4.79 Å². The molecule has 0 aliphatic rings. The number of nitrogens with zero attached hydrogens (tertiary/aromatic N) is 1. The number of aliphatic carboxylic acids is 1. The molecular formula is C22H22N4O5S. The van der Waals surface area contributed by atoms with E-state index < -0.39 is 36.4 Å². The van der Waals surface area contributed by atoms with Crippen LogP contribution in [0.5, 0.6) is 0 Å². The van der Waals surface area contributed by atoms with Crippen molar-refractivity contribution in [1.29, 1.82) is 5.26 Å². The third-order valence-corrected chi connectivity index (χ3v) is 4.58. The Morgan fingerprint density at radius 3 is 2.28 bits per heavy atom. The van der Waals surface area contributed by atoms with Crippen LogP contribution in [0.25, 0.3) is 0 Å². The molecule has 0 spiro atoms. The molecule has 0 fully saturated rings. The van der Waals surface area contributed by atoms with Crippen LogP contribution in [0.2, 0.25) is 0 Å². The fourth-order valence-corrected chi connectivity index (χ4v) is 3.06. The van der Waals surface area contributed by atoms with Gasteiger partial charge in [0, 0.05) is 12.1 Å². The standard InChI is InChI=1S/C22H22N4O5S/c1-31-21(30)18(11-14-5-3-2-4-6-14)25-20(29)17(12-19(27)28)26-22(32)24-16-9-7-15(13-23)8-10-16/h2-10,17-18H,11-12H2,1H3,(H,25,29)(H,27,28)(H2,24,26,32)/t17-,18-/m0/s1. The van der Waals surface area contributed by atoms with E-state index in [4.69, 9.17) is 22.2 Å². The Bertz CT molecular complexity index is 1010. The van der Waals surface area contributed by atoms with Crippen LogP contribution in [0.1, 0.15) is 17.5 Å². The molecule has 0 bridgehead atoms. The van der Waals surface area contributed by atoms with E-state index in [2.05, 4.69) is 16.0 Å². The highest BCUT2D eigenvalue weighted by Crippen LogP contribution is 2.09. The van der Waals surface area contributed by atoms with Crippen LogP contribution in [0.3, 0.4) is 0 Å². The molecule has 0 saturated heterocycles. The van der Waals surface area contributed by atoms with Gasteiger partial charge in [-0.3, -0.25) is 9.59 Å². The minimum Gasteiger partial charge on any atom is -0.481 e. The summed E-state index contributed by atoms with van der Waals surface area (Å²) in [5, 5.41) is 26.1. The maximum Gasteiger partial charge on any atom is 0.328 e. The van der Waals surface area contributed by atoms with Gasteiger partial charge in [0.25, 0.3) is 0 Å². The number of rotatable bonds is 9. The topological polar surface area (TPSA) is 141 Å². The summed E-state index contributed by atoms with van der Waals surface area (Å²) in [6.07, 6.45) is -0.396. The lowest BCUT2D eigenvalue weighted by molar-refractivity contribution is -0.145. The molecule has 2 atom stereocenters. The molecule has 4 N–H and O–H groups in total. The Labute approximate surface area is 190 Å². The number of amides is 1. The maximum atomic E-state index is 12.8. The van der Waals surface area contributed by atoms with E-state index >= 15 is 0 Å². The molecule has 0 saturated carbocycles. The fraction of sp³-hybridized carbons (Fsp3) is 0.227. The van der Waals surface area contributed by atoms with Gasteiger partial charge >= 0.3 is 11.9 Å². The van der Waals surface area contributed by atoms with Crippen molar-refractivity contribution in [1.82, 2.24) is 10.6 Å². The molecule has 0 radical (unpaired) electrons. The summed E-state index contributed by atoms with van der Waals surface area (Å²) in [4.78, 5) is 36.3. The van der Waals surface area contributed by atoms with Crippen molar-refractivity contribution in [2.75, 3.05) is 12.4 Å². The van der Waals surface area contributed by atoms with Crippen LogP contribution in [-0.4, -0.2) is 47.3 Å². The van der Waals surface area contributed by atoms with Gasteiger partial charge in [0.2, 0.25) is 5.91 Å². The van der Waals surface area contributed by atoms with E-state index in [1.165, 1.54) is 7.11 Å². The zero-order valence-electron chi connectivity index (χ0n) is 17.2. The first-order valence-corrected chi connectivity index (χ1v) is 9.94. The molecule has 0 unspecified atom stereocenters. The molecule has 32 heavy (non-hydrogen) atoms. The molecule has 1 amide bonds. The summed E-state index contributed by atoms with van der Waals surface area (Å²) in [5.74, 6) is -2.60. The number of nitriles is 1. The average Bonchev–Trinajstić information content (AvgIpc) is 2.78. The summed E-state index contributed by atoms with van der Waals surface area (Å²) >= 11 is 5.19. The van der Waals surface area contributed by atoms with Crippen LogP contribution in [0.15, 0.2) is 54.6 Å². The Morgan fingerprint density at radius 2 is 1.72 bits per heavy atom. The van der Waals surface area contributed by atoms with E-state index in [1.807, 2.05) is 12.1 Å². The average molecular weight is 455 g/mol. The molecule has 2 aromatic carbocycles. The van der Waals surface area contributed by atoms with Crippen LogP contribution in [-0.2, 0) is 25.5 Å². The number of hydrogen-bond donors (Lipinski definition) is 4. The minimum absolute atomic E-state index is 0.00813. The van der Waals surface area contributed by atoms with E-state index in [9.17, 15) is 19.5 Å². The molecule has 0 aliphatic heterocycles. The highest BCUT2D eigenvalue weighted by atomic mass is 32.1. The van der Waals surface area contributed by atoms with Gasteiger partial charge in [-0.15, -0.1) is 0 Å². The van der Waals surface area contributed by atoms with Crippen LogP contribution < -0.4 is 16.0 Å². The lowest BCUT2D eigenvalue weighted by Gasteiger charge is -2.22. The van der Waals surface area contributed by atoms with Gasteiger partial charge in [-0.1, -0.05) is 30.3 Å². The highest BCUT2D eigenvalue weighted by Gasteiger charge is 2.28. The number of carbonyl (C=O) groups excluding carboxylic acids is 2. The predicted molar refractivity (Wildman–Crippen MR) is 121 cm³/mol. The van der Waals surface area contributed by atoms with E-state index in [-0.39, 0.29) is 11.5 Å². The van der Waals surface area contributed by atoms with E-state index in [1.54, 1.807) is 48.5 Å². The zero-order chi connectivity index (χ0) is 23.5. The van der Waals surface area contributed by atoms with Crippen molar-refractivity contribution in [3.63, 3.8) is 0 Å². The maximum absolute atomic E-state index is 12.8. The number of anilines is 1. The van der Waals surface area contributed by atoms with Gasteiger partial charge in [-0.05, 0) is 42.0 Å². The van der Waals surface area contributed by atoms with Crippen molar-refractivity contribution in [3.05, 3.63) is 65.7 Å². The zero-order valence-corrected chi connectivity index (χ0v) is 18.0. The SMILES string of the molecule is COC(=O)[C@H](Cc1ccccc1)NC(=O)[C@H](CC(=O)O)NC(=S)Nc1ccc(C#N)cc1. The summed E-state index contributed by atoms with van der Waals surface area (Å²) in [6, 6.07) is 15.2. The van der Waals surface area contributed by atoms with Gasteiger partial charge in [0.05, 0.1) is 25.2 Å². The van der Waals surface area contributed by atoms with Gasteiger partial charge in [0.15, 0.2) is 5.11 Å². The number of hydrogen-bond acceptors (Lipinski definition) is 6. The van der Waals surface area contributed by atoms with Gasteiger partial charge in [0.1, 0.15) is 12.1 Å². The summed E-state index contributed by atoms with van der Waals surface area (Å²) in [7, 11) is 1.20. The first-order valence-electron chi connectivity index (χ1n) is 9.54. The largest absolute Gasteiger partial charge is 0.481 e. The summed E-state index contributed by atoms with van der Waals surface area (Å²) < 4.78 is 4.77.